The third kappa shape index (κ3) is 4.17. The normalized spacial score (nSPS) is 35.7. The summed E-state index contributed by atoms with van der Waals surface area (Å²) >= 11 is 0. The summed E-state index contributed by atoms with van der Waals surface area (Å²) in [5, 5.41) is 19.2. The van der Waals surface area contributed by atoms with E-state index in [4.69, 9.17) is 5.11 Å². The van der Waals surface area contributed by atoms with E-state index in [1.165, 1.54) is 19.4 Å². The average Bonchev–Trinajstić information content (AvgIpc) is 2.78. The Labute approximate surface area is 118 Å². The first-order chi connectivity index (χ1) is 9.02. The van der Waals surface area contributed by atoms with Crippen LogP contribution in [0.5, 0.6) is 0 Å². The minimum Gasteiger partial charge on any atom is -0.396 e. The molecule has 2 fully saturated rings. The molecule has 3 unspecified atom stereocenters. The van der Waals surface area contributed by atoms with Gasteiger partial charge >= 0.3 is 0 Å². The summed E-state index contributed by atoms with van der Waals surface area (Å²) in [4.78, 5) is 2.57. The minimum absolute atomic E-state index is 0.105. The van der Waals surface area contributed by atoms with Gasteiger partial charge in [-0.25, -0.2) is 0 Å². The fourth-order valence-electron chi connectivity index (χ4n) is 4.00. The highest BCUT2D eigenvalue weighted by Gasteiger charge is 2.36. The van der Waals surface area contributed by atoms with Gasteiger partial charge in [0.1, 0.15) is 0 Å². The first-order valence-corrected chi connectivity index (χ1v) is 8.05. The molecule has 1 saturated heterocycles. The Kier molecular flexibility index (Phi) is 5.27. The van der Waals surface area contributed by atoms with Crippen molar-refractivity contribution >= 4 is 0 Å². The van der Waals surface area contributed by atoms with Gasteiger partial charge in [-0.3, -0.25) is 0 Å². The Bertz CT molecular complexity index is 280. The van der Waals surface area contributed by atoms with Gasteiger partial charge in [-0.15, -0.1) is 0 Å². The molecule has 2 N–H and O–H groups in total. The van der Waals surface area contributed by atoms with Crippen molar-refractivity contribution in [3.05, 3.63) is 0 Å². The van der Waals surface area contributed by atoms with E-state index in [1.54, 1.807) is 0 Å². The van der Waals surface area contributed by atoms with Crippen LogP contribution in [0.3, 0.4) is 0 Å². The highest BCUT2D eigenvalue weighted by Crippen LogP contribution is 2.39. The van der Waals surface area contributed by atoms with E-state index in [1.807, 2.05) is 0 Å². The second-order valence-corrected chi connectivity index (χ2v) is 7.39. The average molecular weight is 269 g/mol. The molecule has 0 spiro atoms. The first kappa shape index (κ1) is 15.3. The Morgan fingerprint density at radius 3 is 2.79 bits per heavy atom. The molecule has 0 aromatic rings. The van der Waals surface area contributed by atoms with E-state index in [2.05, 4.69) is 18.7 Å². The van der Waals surface area contributed by atoms with E-state index in [0.717, 1.165) is 38.6 Å². The molecular weight excluding hydrogens is 238 g/mol. The minimum atomic E-state index is -0.105. The predicted octanol–water partition coefficient (Wildman–Crippen LogP) is 2.41. The van der Waals surface area contributed by atoms with Crippen LogP contribution in [0.1, 0.15) is 58.8 Å². The van der Waals surface area contributed by atoms with Crippen LogP contribution >= 0.6 is 0 Å². The molecule has 0 aromatic carbocycles. The highest BCUT2D eigenvalue weighted by molar-refractivity contribution is 4.89. The summed E-state index contributed by atoms with van der Waals surface area (Å²) in [6.07, 6.45) is 7.74. The standard InChI is InChI=1S/C16H31NO2/c1-16(2)8-7-15(19)13(11-16)12-17-9-3-5-14(17)6-4-10-18/h13-15,18-19H,3-12H2,1-2H3. The van der Waals surface area contributed by atoms with Crippen molar-refractivity contribution in [3.63, 3.8) is 0 Å². The van der Waals surface area contributed by atoms with Crippen molar-refractivity contribution in [1.29, 1.82) is 0 Å². The van der Waals surface area contributed by atoms with Crippen molar-refractivity contribution in [3.8, 4) is 0 Å². The molecule has 1 aliphatic carbocycles. The predicted molar refractivity (Wildman–Crippen MR) is 78.0 cm³/mol. The molecule has 0 aromatic heterocycles. The maximum atomic E-state index is 10.3. The summed E-state index contributed by atoms with van der Waals surface area (Å²) < 4.78 is 0. The lowest BCUT2D eigenvalue weighted by atomic mass is 9.70. The third-order valence-corrected chi connectivity index (χ3v) is 5.14. The van der Waals surface area contributed by atoms with Crippen LogP contribution in [0.15, 0.2) is 0 Å². The quantitative estimate of drug-likeness (QED) is 0.805. The van der Waals surface area contributed by atoms with Gasteiger partial charge < -0.3 is 15.1 Å². The number of rotatable bonds is 5. The van der Waals surface area contributed by atoms with E-state index in [-0.39, 0.29) is 6.10 Å². The lowest BCUT2D eigenvalue weighted by molar-refractivity contribution is 0.00160. The number of likely N-dealkylation sites (tertiary alicyclic amines) is 1. The van der Waals surface area contributed by atoms with Gasteiger partial charge in [-0.1, -0.05) is 13.8 Å². The third-order valence-electron chi connectivity index (χ3n) is 5.14. The zero-order valence-electron chi connectivity index (χ0n) is 12.6. The molecule has 0 radical (unpaired) electrons. The molecule has 3 nitrogen and oxygen atoms in total. The fraction of sp³-hybridized carbons (Fsp3) is 1.00. The van der Waals surface area contributed by atoms with Gasteiger partial charge in [-0.05, 0) is 62.8 Å². The Morgan fingerprint density at radius 2 is 2.05 bits per heavy atom. The van der Waals surface area contributed by atoms with Crippen molar-refractivity contribution in [2.24, 2.45) is 11.3 Å². The number of aliphatic hydroxyl groups is 2. The van der Waals surface area contributed by atoms with E-state index in [9.17, 15) is 5.11 Å². The molecular formula is C16H31NO2. The Morgan fingerprint density at radius 1 is 1.26 bits per heavy atom. The summed E-state index contributed by atoms with van der Waals surface area (Å²) in [7, 11) is 0. The lowest BCUT2D eigenvalue weighted by Crippen LogP contribution is -2.42. The van der Waals surface area contributed by atoms with Crippen LogP contribution < -0.4 is 0 Å². The van der Waals surface area contributed by atoms with E-state index >= 15 is 0 Å². The number of aliphatic hydroxyl groups excluding tert-OH is 2. The van der Waals surface area contributed by atoms with Gasteiger partial charge in [0.05, 0.1) is 6.10 Å². The molecule has 3 atom stereocenters. The topological polar surface area (TPSA) is 43.7 Å². The van der Waals surface area contributed by atoms with Gasteiger partial charge in [0.15, 0.2) is 0 Å². The number of hydrogen-bond acceptors (Lipinski definition) is 3. The van der Waals surface area contributed by atoms with Crippen LogP contribution in [-0.2, 0) is 0 Å². The molecule has 19 heavy (non-hydrogen) atoms. The van der Waals surface area contributed by atoms with Gasteiger partial charge in [0.2, 0.25) is 0 Å². The van der Waals surface area contributed by atoms with Crippen LogP contribution in [-0.4, -0.2) is 47.0 Å². The largest absolute Gasteiger partial charge is 0.396 e. The highest BCUT2D eigenvalue weighted by atomic mass is 16.3. The zero-order chi connectivity index (χ0) is 13.9. The first-order valence-electron chi connectivity index (χ1n) is 8.05. The molecule has 0 amide bonds. The second kappa shape index (κ2) is 6.55. The van der Waals surface area contributed by atoms with Crippen LogP contribution in [0.4, 0.5) is 0 Å². The molecule has 0 bridgehead atoms. The summed E-state index contributed by atoms with van der Waals surface area (Å²) in [5.74, 6) is 0.443. The smallest absolute Gasteiger partial charge is 0.0581 e. The molecule has 2 rings (SSSR count). The summed E-state index contributed by atoms with van der Waals surface area (Å²) in [5.41, 5.74) is 0.393. The zero-order valence-corrected chi connectivity index (χ0v) is 12.6. The van der Waals surface area contributed by atoms with Gasteiger partial charge in [0, 0.05) is 19.2 Å². The Balaban J connectivity index is 1.87. The maximum absolute atomic E-state index is 10.3. The summed E-state index contributed by atoms with van der Waals surface area (Å²) in [6, 6.07) is 0.643. The Hall–Kier alpha value is -0.120. The SMILES string of the molecule is CC1(C)CCC(O)C(CN2CCCC2CCCO)C1. The van der Waals surface area contributed by atoms with Crippen LogP contribution in [0, 0.1) is 11.3 Å². The molecule has 1 aliphatic heterocycles. The van der Waals surface area contributed by atoms with Crippen molar-refractivity contribution < 1.29 is 10.2 Å². The van der Waals surface area contributed by atoms with Crippen molar-refractivity contribution in [2.75, 3.05) is 19.7 Å². The van der Waals surface area contributed by atoms with E-state index in [0.29, 0.717) is 24.0 Å². The molecule has 2 aliphatic rings. The van der Waals surface area contributed by atoms with Gasteiger partial charge in [0.25, 0.3) is 0 Å². The lowest BCUT2D eigenvalue weighted by Gasteiger charge is -2.41. The molecule has 112 valence electrons. The maximum Gasteiger partial charge on any atom is 0.0581 e. The van der Waals surface area contributed by atoms with Crippen molar-refractivity contribution in [1.82, 2.24) is 4.90 Å². The summed E-state index contributed by atoms with van der Waals surface area (Å²) in [6.45, 7) is 7.21. The van der Waals surface area contributed by atoms with Crippen LogP contribution in [0.25, 0.3) is 0 Å². The fourth-order valence-corrected chi connectivity index (χ4v) is 4.00. The van der Waals surface area contributed by atoms with Gasteiger partial charge in [-0.2, -0.15) is 0 Å². The molecule has 3 heteroatoms. The number of nitrogens with zero attached hydrogens (tertiary/aromatic N) is 1. The monoisotopic (exact) mass is 269 g/mol. The van der Waals surface area contributed by atoms with E-state index < -0.39 is 0 Å². The van der Waals surface area contributed by atoms with Crippen LogP contribution in [0.2, 0.25) is 0 Å². The molecule has 1 saturated carbocycles. The number of hydrogen-bond donors (Lipinski definition) is 2. The van der Waals surface area contributed by atoms with Crippen molar-refractivity contribution in [2.45, 2.75) is 70.9 Å². The molecule has 1 heterocycles. The second-order valence-electron chi connectivity index (χ2n) is 7.39.